The highest BCUT2D eigenvalue weighted by Gasteiger charge is 2.26. The van der Waals surface area contributed by atoms with Crippen molar-refractivity contribution in [3.05, 3.63) is 95.9 Å². The molecule has 3 rings (SSSR count). The average molecular weight is 377 g/mol. The van der Waals surface area contributed by atoms with Gasteiger partial charge in [-0.15, -0.1) is 0 Å². The molecule has 1 unspecified atom stereocenters. The fourth-order valence-electron chi connectivity index (χ4n) is 2.62. The zero-order valence-corrected chi connectivity index (χ0v) is 15.0. The fraction of sp³-hybridized carbons (Fsp3) is 0.136. The second kappa shape index (κ2) is 9.32. The topological polar surface area (TPSA) is 85.6 Å². The van der Waals surface area contributed by atoms with Gasteiger partial charge in [-0.05, 0) is 12.1 Å². The summed E-state index contributed by atoms with van der Waals surface area (Å²) in [5.74, 6) is -1.15. The van der Waals surface area contributed by atoms with Crippen LogP contribution in [0.3, 0.4) is 0 Å². The van der Waals surface area contributed by atoms with Crippen molar-refractivity contribution in [2.75, 3.05) is 6.54 Å². The average Bonchev–Trinajstić information content (AvgIpc) is 3.28. The maximum atomic E-state index is 12.9. The fourth-order valence-corrected chi connectivity index (χ4v) is 2.62. The first-order valence-electron chi connectivity index (χ1n) is 8.80. The van der Waals surface area contributed by atoms with E-state index in [2.05, 4.69) is 5.32 Å². The molecule has 6 heteroatoms. The lowest BCUT2D eigenvalue weighted by atomic mass is 10.00. The molecule has 3 aromatic rings. The van der Waals surface area contributed by atoms with Crippen LogP contribution in [0.15, 0.2) is 83.5 Å². The number of rotatable bonds is 8. The van der Waals surface area contributed by atoms with Crippen molar-refractivity contribution in [3.8, 4) is 0 Å². The summed E-state index contributed by atoms with van der Waals surface area (Å²) in [7, 11) is 0. The standard InChI is InChI=1S/C22H19NO5/c24-19(13-14-23-22(26)18-12-7-15-27-18)28-21(17-10-5-2-6-11-17)20(25)16-8-3-1-4-9-16/h1-12,15,21H,13-14H2,(H,23,26). The molecule has 0 fully saturated rings. The van der Waals surface area contributed by atoms with Gasteiger partial charge < -0.3 is 14.5 Å². The van der Waals surface area contributed by atoms with Gasteiger partial charge in [-0.1, -0.05) is 60.7 Å². The van der Waals surface area contributed by atoms with Gasteiger partial charge >= 0.3 is 5.97 Å². The summed E-state index contributed by atoms with van der Waals surface area (Å²) in [6, 6.07) is 20.6. The van der Waals surface area contributed by atoms with Crippen LogP contribution in [0.2, 0.25) is 0 Å². The van der Waals surface area contributed by atoms with Gasteiger partial charge in [-0.3, -0.25) is 14.4 Å². The van der Waals surface area contributed by atoms with Crippen LogP contribution < -0.4 is 5.32 Å². The predicted molar refractivity (Wildman–Crippen MR) is 102 cm³/mol. The van der Waals surface area contributed by atoms with Gasteiger partial charge in [-0.2, -0.15) is 0 Å². The highest BCUT2D eigenvalue weighted by atomic mass is 16.5. The third kappa shape index (κ3) is 4.94. The number of nitrogens with one attached hydrogen (secondary N) is 1. The second-order valence-corrected chi connectivity index (χ2v) is 5.99. The molecule has 1 aromatic heterocycles. The van der Waals surface area contributed by atoms with E-state index in [9.17, 15) is 14.4 Å². The number of amides is 1. The maximum absolute atomic E-state index is 12.9. The summed E-state index contributed by atoms with van der Waals surface area (Å²) in [5.41, 5.74) is 1.04. The largest absolute Gasteiger partial charge is 0.459 e. The SMILES string of the molecule is O=C(CCNC(=O)c1ccco1)OC(C(=O)c1ccccc1)c1ccccc1. The van der Waals surface area contributed by atoms with E-state index in [0.29, 0.717) is 11.1 Å². The quantitative estimate of drug-likeness (QED) is 0.479. The van der Waals surface area contributed by atoms with Crippen molar-refractivity contribution >= 4 is 17.7 Å². The van der Waals surface area contributed by atoms with Gasteiger partial charge in [0.15, 0.2) is 11.9 Å². The molecule has 1 amide bonds. The molecule has 0 saturated carbocycles. The molecule has 0 bridgehead atoms. The van der Waals surface area contributed by atoms with Gasteiger partial charge in [0.05, 0.1) is 12.7 Å². The summed E-state index contributed by atoms with van der Waals surface area (Å²) in [6.07, 6.45) is 0.276. The van der Waals surface area contributed by atoms with E-state index in [-0.39, 0.29) is 24.5 Å². The van der Waals surface area contributed by atoms with Gasteiger partial charge in [0.1, 0.15) is 0 Å². The third-order valence-corrected chi connectivity index (χ3v) is 4.01. The first-order valence-corrected chi connectivity index (χ1v) is 8.80. The van der Waals surface area contributed by atoms with Crippen molar-refractivity contribution in [1.29, 1.82) is 0 Å². The molecule has 0 saturated heterocycles. The first-order chi connectivity index (χ1) is 13.6. The Morgan fingerprint density at radius 2 is 1.57 bits per heavy atom. The Bertz CT molecular complexity index is 920. The molecular formula is C22H19NO5. The zero-order chi connectivity index (χ0) is 19.8. The van der Waals surface area contributed by atoms with E-state index in [1.165, 1.54) is 12.3 Å². The first kappa shape index (κ1) is 19.1. The Balaban J connectivity index is 1.63. The molecule has 2 aromatic carbocycles. The monoisotopic (exact) mass is 377 g/mol. The molecule has 1 N–H and O–H groups in total. The van der Waals surface area contributed by atoms with Crippen molar-refractivity contribution in [2.45, 2.75) is 12.5 Å². The Hall–Kier alpha value is -3.67. The van der Waals surface area contributed by atoms with Crippen molar-refractivity contribution in [1.82, 2.24) is 5.32 Å². The highest BCUT2D eigenvalue weighted by molar-refractivity contribution is 6.01. The Morgan fingerprint density at radius 3 is 2.21 bits per heavy atom. The summed E-state index contributed by atoms with van der Waals surface area (Å²) in [4.78, 5) is 37.0. The van der Waals surface area contributed by atoms with Gasteiger partial charge in [-0.25, -0.2) is 0 Å². The summed E-state index contributed by atoms with van der Waals surface area (Å²) in [6.45, 7) is 0.0689. The molecule has 0 aliphatic heterocycles. The number of hydrogen-bond acceptors (Lipinski definition) is 5. The number of esters is 1. The summed E-state index contributed by atoms with van der Waals surface area (Å²) >= 11 is 0. The molecule has 0 spiro atoms. The number of carbonyl (C=O) groups is 3. The van der Waals surface area contributed by atoms with Gasteiger partial charge in [0.2, 0.25) is 5.78 Å². The van der Waals surface area contributed by atoms with E-state index in [4.69, 9.17) is 9.15 Å². The number of ketones is 1. The summed E-state index contributed by atoms with van der Waals surface area (Å²) < 4.78 is 10.4. The molecule has 1 heterocycles. The van der Waals surface area contributed by atoms with Crippen molar-refractivity contribution in [3.63, 3.8) is 0 Å². The lowest BCUT2D eigenvalue weighted by Crippen LogP contribution is -2.27. The van der Waals surface area contributed by atoms with E-state index in [0.717, 1.165) is 0 Å². The zero-order valence-electron chi connectivity index (χ0n) is 15.0. The summed E-state index contributed by atoms with van der Waals surface area (Å²) in [5, 5.41) is 2.57. The molecular weight excluding hydrogens is 358 g/mol. The molecule has 1 atom stereocenters. The van der Waals surface area contributed by atoms with Crippen molar-refractivity contribution in [2.24, 2.45) is 0 Å². The second-order valence-electron chi connectivity index (χ2n) is 5.99. The minimum Gasteiger partial charge on any atom is -0.459 e. The van der Waals surface area contributed by atoms with E-state index >= 15 is 0 Å². The molecule has 0 aliphatic rings. The van der Waals surface area contributed by atoms with Crippen LogP contribution in [-0.4, -0.2) is 24.2 Å². The molecule has 0 aliphatic carbocycles. The lowest BCUT2D eigenvalue weighted by Gasteiger charge is -2.17. The number of benzene rings is 2. The van der Waals surface area contributed by atoms with Crippen LogP contribution in [0, 0.1) is 0 Å². The van der Waals surface area contributed by atoms with Gasteiger partial charge in [0, 0.05) is 17.7 Å². The lowest BCUT2D eigenvalue weighted by molar-refractivity contribution is -0.147. The van der Waals surface area contributed by atoms with Crippen LogP contribution in [0.4, 0.5) is 0 Å². The molecule has 28 heavy (non-hydrogen) atoms. The van der Waals surface area contributed by atoms with E-state index in [1.54, 1.807) is 54.6 Å². The molecule has 0 radical (unpaired) electrons. The number of Topliss-reactive ketones (excluding diaryl/α,β-unsaturated/α-hetero) is 1. The van der Waals surface area contributed by atoms with Crippen LogP contribution in [0.1, 0.15) is 39.0 Å². The predicted octanol–water partition coefficient (Wildman–Crippen LogP) is 3.57. The smallest absolute Gasteiger partial charge is 0.308 e. The van der Waals surface area contributed by atoms with Crippen LogP contribution in [0.5, 0.6) is 0 Å². The molecule has 142 valence electrons. The van der Waals surface area contributed by atoms with Crippen molar-refractivity contribution < 1.29 is 23.5 Å². The van der Waals surface area contributed by atoms with Gasteiger partial charge in [0.25, 0.3) is 5.91 Å². The normalized spacial score (nSPS) is 11.4. The highest BCUT2D eigenvalue weighted by Crippen LogP contribution is 2.23. The van der Waals surface area contributed by atoms with Crippen LogP contribution >= 0.6 is 0 Å². The van der Waals surface area contributed by atoms with Crippen LogP contribution in [-0.2, 0) is 9.53 Å². The number of furan rings is 1. The Morgan fingerprint density at radius 1 is 0.893 bits per heavy atom. The Labute approximate surface area is 162 Å². The number of ether oxygens (including phenoxy) is 1. The third-order valence-electron chi connectivity index (χ3n) is 4.01. The molecule has 6 nitrogen and oxygen atoms in total. The van der Waals surface area contributed by atoms with E-state index in [1.807, 2.05) is 12.1 Å². The minimum atomic E-state index is -1.04. The number of carbonyl (C=O) groups excluding carboxylic acids is 3. The van der Waals surface area contributed by atoms with Crippen LogP contribution in [0.25, 0.3) is 0 Å². The number of hydrogen-bond donors (Lipinski definition) is 1. The maximum Gasteiger partial charge on any atom is 0.308 e. The minimum absolute atomic E-state index is 0.0689. The Kier molecular flexibility index (Phi) is 6.36. The van der Waals surface area contributed by atoms with E-state index < -0.39 is 18.0 Å².